The van der Waals surface area contributed by atoms with Gasteiger partial charge in [-0.1, -0.05) is 12.1 Å². The minimum Gasteiger partial charge on any atom is -0.493 e. The van der Waals surface area contributed by atoms with E-state index in [0.717, 1.165) is 22.5 Å². The SMILES string of the molecule is COc1cc2c(c(OC)c1OC)-c1ccc(NCC(=O)N3CCN(c4ccccn4)CC3)c(=O)cc1C(NC(C)=O)CC2. The molecule has 0 bridgehead atoms. The maximum atomic E-state index is 13.5. The molecule has 1 saturated heterocycles. The molecule has 2 aromatic carbocycles. The second kappa shape index (κ2) is 13.0. The Morgan fingerprint density at radius 1 is 0.977 bits per heavy atom. The lowest BCUT2D eigenvalue weighted by molar-refractivity contribution is -0.129. The second-order valence-electron chi connectivity index (χ2n) is 10.5. The minimum atomic E-state index is -0.411. The highest BCUT2D eigenvalue weighted by molar-refractivity contribution is 5.84. The number of rotatable bonds is 8. The normalized spacial score (nSPS) is 15.9. The summed E-state index contributed by atoms with van der Waals surface area (Å²) < 4.78 is 17.1. The minimum absolute atomic E-state index is 0.0203. The van der Waals surface area contributed by atoms with Crippen LogP contribution in [0.25, 0.3) is 11.1 Å². The van der Waals surface area contributed by atoms with Crippen molar-refractivity contribution in [1.29, 1.82) is 0 Å². The first-order chi connectivity index (χ1) is 20.8. The van der Waals surface area contributed by atoms with Crippen LogP contribution in [0.2, 0.25) is 0 Å². The van der Waals surface area contributed by atoms with Gasteiger partial charge in [-0.15, -0.1) is 0 Å². The van der Waals surface area contributed by atoms with E-state index >= 15 is 0 Å². The van der Waals surface area contributed by atoms with Crippen molar-refractivity contribution in [2.45, 2.75) is 25.8 Å². The first-order valence-electron chi connectivity index (χ1n) is 14.3. The van der Waals surface area contributed by atoms with E-state index in [-0.39, 0.29) is 29.5 Å². The van der Waals surface area contributed by atoms with E-state index in [1.165, 1.54) is 6.92 Å². The molecule has 5 rings (SSSR count). The van der Waals surface area contributed by atoms with Crippen LogP contribution in [0.4, 0.5) is 11.5 Å². The Morgan fingerprint density at radius 3 is 2.40 bits per heavy atom. The lowest BCUT2D eigenvalue weighted by atomic mass is 9.95. The van der Waals surface area contributed by atoms with Crippen LogP contribution >= 0.6 is 0 Å². The van der Waals surface area contributed by atoms with Gasteiger partial charge >= 0.3 is 0 Å². The molecule has 0 radical (unpaired) electrons. The van der Waals surface area contributed by atoms with Gasteiger partial charge in [-0.25, -0.2) is 4.98 Å². The molecular weight excluding hydrogens is 550 g/mol. The van der Waals surface area contributed by atoms with Crippen molar-refractivity contribution in [2.75, 3.05) is 64.3 Å². The molecule has 11 heteroatoms. The number of aromatic nitrogens is 1. The number of ether oxygens (including phenoxy) is 3. The maximum Gasteiger partial charge on any atom is 0.241 e. The van der Waals surface area contributed by atoms with Gasteiger partial charge in [0.1, 0.15) is 5.82 Å². The fourth-order valence-electron chi connectivity index (χ4n) is 5.86. The number of carbonyl (C=O) groups is 2. The third-order valence-electron chi connectivity index (χ3n) is 7.95. The van der Waals surface area contributed by atoms with Crippen molar-refractivity contribution in [2.24, 2.45) is 0 Å². The summed E-state index contributed by atoms with van der Waals surface area (Å²) in [5.74, 6) is 2.06. The van der Waals surface area contributed by atoms with Gasteiger partial charge in [0.05, 0.1) is 39.6 Å². The summed E-state index contributed by atoms with van der Waals surface area (Å²) in [6.45, 7) is 3.94. The Labute approximate surface area is 250 Å². The Hall–Kier alpha value is -4.80. The molecule has 2 N–H and O–H groups in total. The van der Waals surface area contributed by atoms with Crippen molar-refractivity contribution in [3.8, 4) is 28.4 Å². The standard InChI is InChI=1S/C32H37N5O6/c1-20(38)35-24-10-8-21-17-27(41-2)31(42-3)32(43-4)30(21)22-9-11-25(26(39)18-23(22)24)34-19-29(40)37-15-13-36(14-16-37)28-7-5-6-12-33-28/h5-7,9,11-12,17-18,24H,8,10,13-16,19H2,1-4H3,(H,34,39)(H,35,38). The second-order valence-corrected chi connectivity index (χ2v) is 10.5. The number of methoxy groups -OCH3 is 3. The van der Waals surface area contributed by atoms with Gasteiger partial charge in [0.25, 0.3) is 0 Å². The van der Waals surface area contributed by atoms with E-state index < -0.39 is 6.04 Å². The highest BCUT2D eigenvalue weighted by Crippen LogP contribution is 2.50. The lowest BCUT2D eigenvalue weighted by Gasteiger charge is -2.35. The molecule has 2 heterocycles. The van der Waals surface area contributed by atoms with E-state index in [1.54, 1.807) is 44.6 Å². The molecule has 0 spiro atoms. The number of hydrogen-bond acceptors (Lipinski definition) is 9. The van der Waals surface area contributed by atoms with Crippen LogP contribution in [-0.2, 0) is 16.0 Å². The quantitative estimate of drug-likeness (QED) is 0.410. The molecule has 1 fully saturated rings. The number of aryl methyl sites for hydroxylation is 1. The summed E-state index contributed by atoms with van der Waals surface area (Å²) in [6.07, 6.45) is 2.93. The van der Waals surface area contributed by atoms with Gasteiger partial charge in [-0.2, -0.15) is 0 Å². The number of nitrogens with one attached hydrogen (secondary N) is 2. The lowest BCUT2D eigenvalue weighted by Crippen LogP contribution is -2.50. The Bertz CT molecular complexity index is 1560. The van der Waals surface area contributed by atoms with Gasteiger partial charge in [0, 0.05) is 44.9 Å². The molecule has 2 amide bonds. The average molecular weight is 588 g/mol. The monoisotopic (exact) mass is 587 g/mol. The average Bonchev–Trinajstić information content (AvgIpc) is 3.27. The summed E-state index contributed by atoms with van der Waals surface area (Å²) in [4.78, 5) is 47.1. The van der Waals surface area contributed by atoms with E-state index in [0.29, 0.717) is 61.8 Å². The van der Waals surface area contributed by atoms with Gasteiger partial charge in [-0.05, 0) is 59.9 Å². The highest BCUT2D eigenvalue weighted by Gasteiger charge is 2.29. The summed E-state index contributed by atoms with van der Waals surface area (Å²) in [5.41, 5.74) is 3.10. The molecule has 1 aromatic heterocycles. The van der Waals surface area contributed by atoms with Crippen LogP contribution in [0.15, 0.2) is 53.5 Å². The third-order valence-corrected chi connectivity index (χ3v) is 7.95. The molecule has 43 heavy (non-hydrogen) atoms. The number of pyridine rings is 1. The molecule has 1 unspecified atom stereocenters. The van der Waals surface area contributed by atoms with Crippen LogP contribution in [0, 0.1) is 0 Å². The van der Waals surface area contributed by atoms with Gasteiger partial charge in [-0.3, -0.25) is 14.4 Å². The maximum absolute atomic E-state index is 13.5. The van der Waals surface area contributed by atoms with Crippen LogP contribution in [-0.4, -0.2) is 75.8 Å². The number of carbonyl (C=O) groups excluding carboxylic acids is 2. The Morgan fingerprint density at radius 2 is 1.74 bits per heavy atom. The third kappa shape index (κ3) is 6.20. The molecule has 1 atom stereocenters. The highest BCUT2D eigenvalue weighted by atomic mass is 16.5. The first kappa shape index (κ1) is 29.7. The first-order valence-corrected chi connectivity index (χ1v) is 14.3. The van der Waals surface area contributed by atoms with Crippen LogP contribution in [0.5, 0.6) is 17.2 Å². The molecule has 1 aliphatic heterocycles. The summed E-state index contributed by atoms with van der Waals surface area (Å²) >= 11 is 0. The number of piperazine rings is 1. The summed E-state index contributed by atoms with van der Waals surface area (Å²) in [5, 5.41) is 6.07. The van der Waals surface area contributed by atoms with Crippen molar-refractivity contribution < 1.29 is 23.8 Å². The number of nitrogens with zero attached hydrogens (tertiary/aromatic N) is 3. The van der Waals surface area contributed by atoms with Crippen LogP contribution < -0.4 is 35.2 Å². The molecule has 11 nitrogen and oxygen atoms in total. The summed E-state index contributed by atoms with van der Waals surface area (Å²) in [6, 6.07) is 12.3. The van der Waals surface area contributed by atoms with Crippen molar-refractivity contribution in [3.05, 3.63) is 70.0 Å². The molecule has 2 aliphatic rings. The zero-order valence-electron chi connectivity index (χ0n) is 24.9. The smallest absolute Gasteiger partial charge is 0.241 e. The van der Waals surface area contributed by atoms with Gasteiger partial charge < -0.3 is 34.6 Å². The van der Waals surface area contributed by atoms with E-state index in [1.807, 2.05) is 30.3 Å². The van der Waals surface area contributed by atoms with Gasteiger partial charge in [0.2, 0.25) is 23.0 Å². The molecular formula is C32H37N5O6. The zero-order chi connectivity index (χ0) is 30.5. The molecule has 3 aromatic rings. The Kier molecular flexibility index (Phi) is 8.98. The van der Waals surface area contributed by atoms with E-state index in [2.05, 4.69) is 20.5 Å². The van der Waals surface area contributed by atoms with Crippen molar-refractivity contribution in [3.63, 3.8) is 0 Å². The van der Waals surface area contributed by atoms with Crippen molar-refractivity contribution in [1.82, 2.24) is 15.2 Å². The summed E-state index contributed by atoms with van der Waals surface area (Å²) in [7, 11) is 4.67. The number of anilines is 2. The largest absolute Gasteiger partial charge is 0.493 e. The predicted molar refractivity (Wildman–Crippen MR) is 164 cm³/mol. The molecule has 1 aliphatic carbocycles. The topological polar surface area (TPSA) is 122 Å². The van der Waals surface area contributed by atoms with Crippen LogP contribution in [0.1, 0.15) is 30.5 Å². The fraction of sp³-hybridized carbons (Fsp3) is 0.375. The number of benzene rings is 1. The molecule has 226 valence electrons. The number of fused-ring (bicyclic) bond motifs is 3. The number of amides is 2. The number of hydrogen-bond donors (Lipinski definition) is 2. The molecule has 0 saturated carbocycles. The predicted octanol–water partition coefficient (Wildman–Crippen LogP) is 3.02. The van der Waals surface area contributed by atoms with Crippen LogP contribution in [0.3, 0.4) is 0 Å². The Balaban J connectivity index is 1.43. The fourth-order valence-corrected chi connectivity index (χ4v) is 5.86. The van der Waals surface area contributed by atoms with E-state index in [9.17, 15) is 14.4 Å². The zero-order valence-corrected chi connectivity index (χ0v) is 24.9. The van der Waals surface area contributed by atoms with E-state index in [4.69, 9.17) is 14.2 Å². The van der Waals surface area contributed by atoms with Crippen molar-refractivity contribution >= 4 is 23.3 Å². The van der Waals surface area contributed by atoms with Gasteiger partial charge in [0.15, 0.2) is 11.5 Å².